The van der Waals surface area contributed by atoms with Gasteiger partial charge in [-0.05, 0) is 13.0 Å². The van der Waals surface area contributed by atoms with Crippen molar-refractivity contribution in [2.24, 2.45) is 0 Å². The summed E-state index contributed by atoms with van der Waals surface area (Å²) in [6.45, 7) is 11.3. The van der Waals surface area contributed by atoms with Gasteiger partial charge in [0.2, 0.25) is 5.79 Å². The average molecular weight is 224 g/mol. The molecule has 0 radical (unpaired) electrons. The largest absolute Gasteiger partial charge is 0.431 e. The van der Waals surface area contributed by atoms with Gasteiger partial charge in [0.25, 0.3) is 0 Å². The predicted octanol–water partition coefficient (Wildman–Crippen LogP) is 0.573. The molecule has 0 fully saturated rings. The zero-order valence-electron chi connectivity index (χ0n) is 10.2. The van der Waals surface area contributed by atoms with Gasteiger partial charge in [-0.3, -0.25) is 4.79 Å². The van der Waals surface area contributed by atoms with Crippen LogP contribution in [0.15, 0.2) is 25.3 Å². The van der Waals surface area contributed by atoms with Gasteiger partial charge < -0.3 is 9.47 Å². The zero-order chi connectivity index (χ0) is 13.0. The van der Waals surface area contributed by atoms with E-state index in [0.29, 0.717) is 0 Å². The Labute approximate surface area is 96.7 Å². The summed E-state index contributed by atoms with van der Waals surface area (Å²) in [6.07, 6.45) is 2.21. The second kappa shape index (κ2) is 5.12. The molecular weight excluding hydrogens is 207 g/mol. The first-order valence-corrected chi connectivity index (χ1v) is 4.87. The fourth-order valence-electron chi connectivity index (χ4n) is 1.22. The van der Waals surface area contributed by atoms with Crippen molar-refractivity contribution in [3.05, 3.63) is 25.3 Å². The first-order valence-electron chi connectivity index (χ1n) is 4.87. The molecule has 16 heavy (non-hydrogen) atoms. The minimum Gasteiger partial charge on any atom is -0.431 e. The molecule has 0 aliphatic carbocycles. The minimum atomic E-state index is -1.20. The molecule has 88 valence electrons. The third kappa shape index (κ3) is 4.44. The highest BCUT2D eigenvalue weighted by molar-refractivity contribution is 6.29. The summed E-state index contributed by atoms with van der Waals surface area (Å²) in [4.78, 5) is 22.5. The Kier molecular flexibility index (Phi) is 4.69. The van der Waals surface area contributed by atoms with Crippen molar-refractivity contribution < 1.29 is 19.1 Å². The Morgan fingerprint density at radius 3 is 2.06 bits per heavy atom. The van der Waals surface area contributed by atoms with Crippen molar-refractivity contribution in [1.82, 2.24) is 0 Å². The topological polar surface area (TPSA) is 52.6 Å². The van der Waals surface area contributed by atoms with Gasteiger partial charge in [-0.2, -0.15) is 0 Å². The van der Waals surface area contributed by atoms with Crippen molar-refractivity contribution >= 4 is 19.6 Å². The molecule has 0 aromatic rings. The van der Waals surface area contributed by atoms with Crippen LogP contribution in [0.3, 0.4) is 0 Å². The highest BCUT2D eigenvalue weighted by Crippen LogP contribution is 2.20. The molecule has 0 aliphatic heterocycles. The van der Waals surface area contributed by atoms with Gasteiger partial charge >= 0.3 is 5.97 Å². The standard InChI is InChI=1S/C11H17BO4/c1-6-8(13)11(5,12)16-10(3,4)15-9(14)7-2/h6-7H,1-2,12H2,3-5H3. The summed E-state index contributed by atoms with van der Waals surface area (Å²) in [5.41, 5.74) is -1.09. The van der Waals surface area contributed by atoms with Crippen LogP contribution in [0.25, 0.3) is 0 Å². The maximum absolute atomic E-state index is 11.5. The summed E-state index contributed by atoms with van der Waals surface area (Å²) >= 11 is 0. The van der Waals surface area contributed by atoms with Crippen LogP contribution in [0.4, 0.5) is 0 Å². The number of carbonyl (C=O) groups excluding carboxylic acids is 2. The molecule has 1 atom stereocenters. The Balaban J connectivity index is 4.68. The molecule has 4 nitrogen and oxygen atoms in total. The first kappa shape index (κ1) is 14.6. The van der Waals surface area contributed by atoms with Gasteiger partial charge in [0.05, 0.1) is 5.50 Å². The number of ether oxygens (including phenoxy) is 2. The second-order valence-electron chi connectivity index (χ2n) is 4.21. The van der Waals surface area contributed by atoms with Crippen LogP contribution in [0.5, 0.6) is 0 Å². The fraction of sp³-hybridized carbons (Fsp3) is 0.455. The van der Waals surface area contributed by atoms with Gasteiger partial charge in [0, 0.05) is 19.9 Å². The summed E-state index contributed by atoms with van der Waals surface area (Å²) < 4.78 is 10.4. The summed E-state index contributed by atoms with van der Waals surface area (Å²) in [5, 5.41) is 0. The van der Waals surface area contributed by atoms with Crippen LogP contribution in [-0.4, -0.2) is 30.9 Å². The van der Waals surface area contributed by atoms with Crippen molar-refractivity contribution in [3.8, 4) is 0 Å². The Hall–Kier alpha value is -1.36. The van der Waals surface area contributed by atoms with E-state index in [1.54, 1.807) is 28.6 Å². The Bertz CT molecular complexity index is 318. The van der Waals surface area contributed by atoms with Crippen molar-refractivity contribution in [3.63, 3.8) is 0 Å². The smallest absolute Gasteiger partial charge is 0.332 e. The number of ketones is 1. The molecule has 0 bridgehead atoms. The number of hydrogen-bond donors (Lipinski definition) is 0. The van der Waals surface area contributed by atoms with Gasteiger partial charge in [0.1, 0.15) is 0 Å². The zero-order valence-corrected chi connectivity index (χ0v) is 10.2. The molecule has 0 amide bonds. The van der Waals surface area contributed by atoms with E-state index >= 15 is 0 Å². The summed E-state index contributed by atoms with van der Waals surface area (Å²) in [6, 6.07) is 0. The van der Waals surface area contributed by atoms with E-state index in [1.807, 2.05) is 0 Å². The van der Waals surface area contributed by atoms with E-state index in [9.17, 15) is 9.59 Å². The molecule has 0 aliphatic rings. The number of carbonyl (C=O) groups is 2. The minimum absolute atomic E-state index is 0.282. The molecule has 0 aromatic carbocycles. The highest BCUT2D eigenvalue weighted by atomic mass is 16.7. The third-order valence-electron chi connectivity index (χ3n) is 1.79. The molecule has 0 heterocycles. The molecule has 0 saturated carbocycles. The maximum Gasteiger partial charge on any atom is 0.332 e. The van der Waals surface area contributed by atoms with Crippen LogP contribution >= 0.6 is 0 Å². The molecule has 0 saturated heterocycles. The molecule has 1 unspecified atom stereocenters. The van der Waals surface area contributed by atoms with Crippen molar-refractivity contribution in [2.45, 2.75) is 32.1 Å². The van der Waals surface area contributed by atoms with Gasteiger partial charge in [-0.25, -0.2) is 4.79 Å². The van der Waals surface area contributed by atoms with Gasteiger partial charge in [0.15, 0.2) is 13.6 Å². The first-order chi connectivity index (χ1) is 7.14. The Morgan fingerprint density at radius 1 is 1.19 bits per heavy atom. The number of esters is 1. The van der Waals surface area contributed by atoms with Crippen LogP contribution in [0.2, 0.25) is 0 Å². The average Bonchev–Trinajstić information content (AvgIpc) is 2.13. The second-order valence-corrected chi connectivity index (χ2v) is 4.21. The van der Waals surface area contributed by atoms with Crippen molar-refractivity contribution in [1.29, 1.82) is 0 Å². The molecule has 0 N–H and O–H groups in total. The van der Waals surface area contributed by atoms with Crippen molar-refractivity contribution in [2.75, 3.05) is 0 Å². The van der Waals surface area contributed by atoms with Gasteiger partial charge in [-0.15, -0.1) is 0 Å². The van der Waals surface area contributed by atoms with Crippen LogP contribution < -0.4 is 0 Å². The van der Waals surface area contributed by atoms with Crippen LogP contribution in [0.1, 0.15) is 20.8 Å². The lowest BCUT2D eigenvalue weighted by Crippen LogP contribution is -2.46. The third-order valence-corrected chi connectivity index (χ3v) is 1.79. The van der Waals surface area contributed by atoms with E-state index in [0.717, 1.165) is 6.08 Å². The molecule has 0 spiro atoms. The predicted molar refractivity (Wildman–Crippen MR) is 63.6 cm³/mol. The maximum atomic E-state index is 11.5. The monoisotopic (exact) mass is 224 g/mol. The summed E-state index contributed by atoms with van der Waals surface area (Å²) in [7, 11) is 1.58. The van der Waals surface area contributed by atoms with E-state index in [4.69, 9.17) is 9.47 Å². The lowest BCUT2D eigenvalue weighted by Gasteiger charge is -2.33. The normalized spacial score (nSPS) is 14.7. The quantitative estimate of drug-likeness (QED) is 0.286. The number of hydrogen-bond acceptors (Lipinski definition) is 4. The fourth-order valence-corrected chi connectivity index (χ4v) is 1.22. The van der Waals surface area contributed by atoms with Crippen LogP contribution in [-0.2, 0) is 19.1 Å². The molecule has 0 rings (SSSR count). The Morgan fingerprint density at radius 2 is 1.69 bits per heavy atom. The summed E-state index contributed by atoms with van der Waals surface area (Å²) in [5.74, 6) is -2.09. The highest BCUT2D eigenvalue weighted by Gasteiger charge is 2.35. The van der Waals surface area contributed by atoms with Gasteiger partial charge in [-0.1, -0.05) is 13.2 Å². The van der Waals surface area contributed by atoms with Crippen LogP contribution in [0, 0.1) is 0 Å². The molecule has 5 heteroatoms. The lowest BCUT2D eigenvalue weighted by molar-refractivity contribution is -0.232. The van der Waals surface area contributed by atoms with E-state index in [-0.39, 0.29) is 5.78 Å². The van der Waals surface area contributed by atoms with E-state index < -0.39 is 17.3 Å². The van der Waals surface area contributed by atoms with E-state index in [2.05, 4.69) is 13.2 Å². The van der Waals surface area contributed by atoms with E-state index in [1.165, 1.54) is 6.08 Å². The SMILES string of the molecule is BC(C)(OC(C)(C)OC(=O)C=C)C(=O)C=C. The number of rotatable bonds is 6. The lowest BCUT2D eigenvalue weighted by atomic mass is 9.79. The molecular formula is C11H17BO4. The molecule has 0 aromatic heterocycles.